The molecule has 4 heteroatoms. The quantitative estimate of drug-likeness (QED) is 0.927. The molecule has 0 spiro atoms. The smallest absolute Gasteiger partial charge is 0.0410 e. The maximum absolute atomic E-state index is 6.15. The maximum Gasteiger partial charge on any atom is 0.0410 e. The summed E-state index contributed by atoms with van der Waals surface area (Å²) in [4.78, 5) is 4.81. The van der Waals surface area contributed by atoms with Gasteiger partial charge in [-0.15, -0.1) is 0 Å². The molecule has 1 aromatic carbocycles. The summed E-state index contributed by atoms with van der Waals surface area (Å²) in [6, 6.07) is 6.99. The minimum atomic E-state index is 0.154. The van der Waals surface area contributed by atoms with E-state index in [0.29, 0.717) is 6.04 Å². The van der Waals surface area contributed by atoms with Crippen molar-refractivity contribution in [1.82, 2.24) is 4.90 Å². The molecule has 0 aromatic heterocycles. The van der Waals surface area contributed by atoms with Crippen LogP contribution < -0.4 is 10.6 Å². The standard InChI is InChI=1S/C16H26ClN3/c1-12(18)9-13-10-14(17)6-7-16(13)20-8-4-5-15(11-20)19(2)3/h6-7,10,12,15H,4-5,8-9,11,18H2,1-3H3. The zero-order valence-corrected chi connectivity index (χ0v) is 13.5. The van der Waals surface area contributed by atoms with E-state index in [9.17, 15) is 0 Å². The summed E-state index contributed by atoms with van der Waals surface area (Å²) >= 11 is 6.15. The van der Waals surface area contributed by atoms with Gasteiger partial charge in [-0.05, 0) is 64.0 Å². The summed E-state index contributed by atoms with van der Waals surface area (Å²) in [5, 5.41) is 0.797. The fraction of sp³-hybridized carbons (Fsp3) is 0.625. The first kappa shape index (κ1) is 15.6. The Labute approximate surface area is 127 Å². The molecule has 0 aliphatic carbocycles. The second-order valence-electron chi connectivity index (χ2n) is 6.16. The summed E-state index contributed by atoms with van der Waals surface area (Å²) in [7, 11) is 4.33. The lowest BCUT2D eigenvalue weighted by atomic mass is 10.00. The summed E-state index contributed by atoms with van der Waals surface area (Å²) in [5.41, 5.74) is 8.55. The van der Waals surface area contributed by atoms with Gasteiger partial charge in [0.25, 0.3) is 0 Å². The van der Waals surface area contributed by atoms with Gasteiger partial charge >= 0.3 is 0 Å². The third-order valence-corrected chi connectivity index (χ3v) is 4.29. The Morgan fingerprint density at radius 1 is 1.45 bits per heavy atom. The van der Waals surface area contributed by atoms with Crippen molar-refractivity contribution >= 4 is 17.3 Å². The molecular formula is C16H26ClN3. The van der Waals surface area contributed by atoms with Gasteiger partial charge in [0.1, 0.15) is 0 Å². The highest BCUT2D eigenvalue weighted by atomic mass is 35.5. The van der Waals surface area contributed by atoms with E-state index in [2.05, 4.69) is 36.0 Å². The van der Waals surface area contributed by atoms with Crippen molar-refractivity contribution in [3.05, 3.63) is 28.8 Å². The van der Waals surface area contributed by atoms with E-state index < -0.39 is 0 Å². The van der Waals surface area contributed by atoms with Crippen LogP contribution in [0.4, 0.5) is 5.69 Å². The van der Waals surface area contributed by atoms with Crippen LogP contribution in [0.3, 0.4) is 0 Å². The molecule has 0 saturated carbocycles. The first-order valence-corrected chi connectivity index (χ1v) is 7.80. The minimum absolute atomic E-state index is 0.154. The second-order valence-corrected chi connectivity index (χ2v) is 6.60. The fourth-order valence-corrected chi connectivity index (χ4v) is 3.16. The van der Waals surface area contributed by atoms with Gasteiger partial charge in [-0.3, -0.25) is 0 Å². The van der Waals surface area contributed by atoms with Crippen molar-refractivity contribution in [3.8, 4) is 0 Å². The third-order valence-electron chi connectivity index (χ3n) is 4.05. The molecule has 2 unspecified atom stereocenters. The Kier molecular flexibility index (Phi) is 5.30. The molecule has 2 rings (SSSR count). The van der Waals surface area contributed by atoms with Crippen LogP contribution in [0.15, 0.2) is 18.2 Å². The molecule has 1 aliphatic rings. The Bertz CT molecular complexity index is 445. The van der Waals surface area contributed by atoms with Gasteiger partial charge in [0.2, 0.25) is 0 Å². The zero-order valence-electron chi connectivity index (χ0n) is 12.8. The van der Waals surface area contributed by atoms with Crippen LogP contribution in [0.5, 0.6) is 0 Å². The molecule has 1 aliphatic heterocycles. The van der Waals surface area contributed by atoms with Crippen molar-refractivity contribution < 1.29 is 0 Å². The second kappa shape index (κ2) is 6.79. The van der Waals surface area contributed by atoms with Crippen LogP contribution in [-0.2, 0) is 6.42 Å². The molecule has 0 radical (unpaired) electrons. The molecule has 112 valence electrons. The van der Waals surface area contributed by atoms with Crippen molar-refractivity contribution in [1.29, 1.82) is 0 Å². The minimum Gasteiger partial charge on any atom is -0.370 e. The van der Waals surface area contributed by atoms with Gasteiger partial charge in [-0.25, -0.2) is 0 Å². The Balaban J connectivity index is 2.22. The van der Waals surface area contributed by atoms with E-state index in [-0.39, 0.29) is 6.04 Å². The number of benzene rings is 1. The largest absolute Gasteiger partial charge is 0.370 e. The van der Waals surface area contributed by atoms with E-state index >= 15 is 0 Å². The van der Waals surface area contributed by atoms with Gasteiger partial charge < -0.3 is 15.5 Å². The Hall–Kier alpha value is -0.770. The van der Waals surface area contributed by atoms with Gasteiger partial charge in [0.05, 0.1) is 0 Å². The first-order valence-electron chi connectivity index (χ1n) is 7.42. The SMILES string of the molecule is CC(N)Cc1cc(Cl)ccc1N1CCCC(N(C)C)C1. The normalized spacial score (nSPS) is 21.3. The molecule has 2 atom stereocenters. The number of likely N-dealkylation sites (N-methyl/N-ethyl adjacent to an activating group) is 1. The first-order chi connectivity index (χ1) is 9.47. The predicted molar refractivity (Wildman–Crippen MR) is 87.7 cm³/mol. The molecule has 1 fully saturated rings. The predicted octanol–water partition coefficient (Wildman–Crippen LogP) is 2.76. The summed E-state index contributed by atoms with van der Waals surface area (Å²) in [6.07, 6.45) is 3.39. The number of nitrogens with two attached hydrogens (primary N) is 1. The lowest BCUT2D eigenvalue weighted by molar-refractivity contribution is 0.258. The van der Waals surface area contributed by atoms with Gasteiger partial charge in [0, 0.05) is 35.9 Å². The summed E-state index contributed by atoms with van der Waals surface area (Å²) in [5.74, 6) is 0. The zero-order chi connectivity index (χ0) is 14.7. The Morgan fingerprint density at radius 2 is 2.20 bits per heavy atom. The van der Waals surface area contributed by atoms with E-state index in [1.165, 1.54) is 24.1 Å². The average molecular weight is 296 g/mol. The molecule has 1 saturated heterocycles. The molecule has 0 amide bonds. The molecule has 1 aromatic rings. The van der Waals surface area contributed by atoms with E-state index in [4.69, 9.17) is 17.3 Å². The summed E-state index contributed by atoms with van der Waals surface area (Å²) < 4.78 is 0. The fourth-order valence-electron chi connectivity index (χ4n) is 2.97. The van der Waals surface area contributed by atoms with Crippen LogP contribution >= 0.6 is 11.6 Å². The number of anilines is 1. The molecule has 3 nitrogen and oxygen atoms in total. The number of nitrogens with zero attached hydrogens (tertiary/aromatic N) is 2. The maximum atomic E-state index is 6.15. The molecule has 2 N–H and O–H groups in total. The number of hydrogen-bond acceptors (Lipinski definition) is 3. The van der Waals surface area contributed by atoms with Crippen LogP contribution in [0.2, 0.25) is 5.02 Å². The van der Waals surface area contributed by atoms with Crippen molar-refractivity contribution in [2.24, 2.45) is 5.73 Å². The highest BCUT2D eigenvalue weighted by molar-refractivity contribution is 6.30. The van der Waals surface area contributed by atoms with Gasteiger partial charge in [-0.1, -0.05) is 11.6 Å². The number of halogens is 1. The number of piperidine rings is 1. The van der Waals surface area contributed by atoms with E-state index in [1.807, 2.05) is 13.0 Å². The lowest BCUT2D eigenvalue weighted by Crippen LogP contribution is -2.45. The highest BCUT2D eigenvalue weighted by Crippen LogP contribution is 2.28. The third kappa shape index (κ3) is 3.87. The van der Waals surface area contributed by atoms with Crippen LogP contribution in [0, 0.1) is 0 Å². The Morgan fingerprint density at radius 3 is 2.85 bits per heavy atom. The van der Waals surface area contributed by atoms with E-state index in [1.54, 1.807) is 0 Å². The average Bonchev–Trinajstić information content (AvgIpc) is 2.38. The molecular weight excluding hydrogens is 270 g/mol. The molecule has 20 heavy (non-hydrogen) atoms. The van der Waals surface area contributed by atoms with Gasteiger partial charge in [-0.2, -0.15) is 0 Å². The number of hydrogen-bond donors (Lipinski definition) is 1. The van der Waals surface area contributed by atoms with Crippen LogP contribution in [0.1, 0.15) is 25.3 Å². The highest BCUT2D eigenvalue weighted by Gasteiger charge is 2.23. The summed E-state index contributed by atoms with van der Waals surface area (Å²) in [6.45, 7) is 4.25. The van der Waals surface area contributed by atoms with Crippen molar-refractivity contribution in [2.45, 2.75) is 38.3 Å². The monoisotopic (exact) mass is 295 g/mol. The molecule has 0 bridgehead atoms. The number of rotatable bonds is 4. The van der Waals surface area contributed by atoms with Gasteiger partial charge in [0.15, 0.2) is 0 Å². The van der Waals surface area contributed by atoms with Crippen LogP contribution in [-0.4, -0.2) is 44.2 Å². The van der Waals surface area contributed by atoms with Crippen molar-refractivity contribution in [3.63, 3.8) is 0 Å². The van der Waals surface area contributed by atoms with Crippen molar-refractivity contribution in [2.75, 3.05) is 32.1 Å². The topological polar surface area (TPSA) is 32.5 Å². The lowest BCUT2D eigenvalue weighted by Gasteiger charge is -2.38. The van der Waals surface area contributed by atoms with E-state index in [0.717, 1.165) is 24.5 Å². The molecule has 1 heterocycles. The van der Waals surface area contributed by atoms with Crippen LogP contribution in [0.25, 0.3) is 0 Å².